The van der Waals surface area contributed by atoms with Crippen molar-refractivity contribution in [2.45, 2.75) is 20.3 Å². The van der Waals surface area contributed by atoms with Crippen molar-refractivity contribution in [3.8, 4) is 5.75 Å². The highest BCUT2D eigenvalue weighted by molar-refractivity contribution is 5.95. The predicted molar refractivity (Wildman–Crippen MR) is 107 cm³/mol. The lowest BCUT2D eigenvalue weighted by molar-refractivity contribution is -0.117. The van der Waals surface area contributed by atoms with Crippen molar-refractivity contribution in [2.75, 3.05) is 30.5 Å². The molecule has 0 aliphatic heterocycles. The summed E-state index contributed by atoms with van der Waals surface area (Å²) < 4.78 is 10.1. The molecule has 2 aromatic rings. The number of anilines is 2. The summed E-state index contributed by atoms with van der Waals surface area (Å²) in [6.45, 7) is 3.72. The molecule has 2 aromatic carbocycles. The van der Waals surface area contributed by atoms with Crippen LogP contribution >= 0.6 is 0 Å². The Balaban J connectivity index is 1.96. The van der Waals surface area contributed by atoms with Gasteiger partial charge in [0.1, 0.15) is 5.75 Å². The Morgan fingerprint density at radius 3 is 2.39 bits per heavy atom. The first kappa shape index (κ1) is 21.0. The van der Waals surface area contributed by atoms with Gasteiger partial charge in [0.25, 0.3) is 0 Å². The number of carbonyl (C=O) groups is 3. The number of esters is 1. The maximum Gasteiger partial charge on any atom is 0.338 e. The number of rotatable bonds is 8. The number of nitrogens with one attached hydrogen (secondary N) is 1. The van der Waals surface area contributed by atoms with Crippen molar-refractivity contribution in [2.24, 2.45) is 0 Å². The zero-order valence-electron chi connectivity index (χ0n) is 16.2. The van der Waals surface area contributed by atoms with Gasteiger partial charge in [0.2, 0.25) is 11.8 Å². The molecule has 7 heteroatoms. The van der Waals surface area contributed by atoms with Gasteiger partial charge in [0, 0.05) is 37.3 Å². The monoisotopic (exact) mass is 384 g/mol. The summed E-state index contributed by atoms with van der Waals surface area (Å²) in [5.74, 6) is -0.177. The molecule has 0 bridgehead atoms. The Hall–Kier alpha value is -3.35. The minimum absolute atomic E-state index is 0.121. The molecule has 2 amide bonds. The molecule has 7 nitrogen and oxygen atoms in total. The molecule has 0 aliphatic carbocycles. The van der Waals surface area contributed by atoms with Crippen molar-refractivity contribution >= 4 is 29.2 Å². The Kier molecular flexibility index (Phi) is 7.56. The van der Waals surface area contributed by atoms with Crippen LogP contribution < -0.4 is 15.0 Å². The van der Waals surface area contributed by atoms with Crippen molar-refractivity contribution < 1.29 is 23.9 Å². The van der Waals surface area contributed by atoms with E-state index in [2.05, 4.69) is 5.32 Å². The summed E-state index contributed by atoms with van der Waals surface area (Å²) in [5.41, 5.74) is 1.65. The van der Waals surface area contributed by atoms with Crippen LogP contribution in [0.1, 0.15) is 30.6 Å². The van der Waals surface area contributed by atoms with Crippen molar-refractivity contribution in [3.63, 3.8) is 0 Å². The van der Waals surface area contributed by atoms with E-state index in [4.69, 9.17) is 9.47 Å². The fraction of sp³-hybridized carbons (Fsp3) is 0.286. The fourth-order valence-corrected chi connectivity index (χ4v) is 2.59. The van der Waals surface area contributed by atoms with E-state index in [1.807, 2.05) is 0 Å². The second kappa shape index (κ2) is 10.1. The van der Waals surface area contributed by atoms with Crippen LogP contribution in [0.4, 0.5) is 11.4 Å². The van der Waals surface area contributed by atoms with Crippen LogP contribution in [-0.2, 0) is 14.3 Å². The predicted octanol–water partition coefficient (Wildman–Crippen LogP) is 3.25. The second-order valence-electron chi connectivity index (χ2n) is 5.97. The van der Waals surface area contributed by atoms with Crippen LogP contribution in [0.5, 0.6) is 5.75 Å². The third-order valence-electron chi connectivity index (χ3n) is 3.99. The number of carbonyl (C=O) groups excluding carboxylic acids is 3. The number of methoxy groups -OCH3 is 1. The molecule has 0 saturated carbocycles. The molecular weight excluding hydrogens is 360 g/mol. The first-order valence-corrected chi connectivity index (χ1v) is 8.93. The van der Waals surface area contributed by atoms with E-state index in [1.165, 1.54) is 11.8 Å². The highest BCUT2D eigenvalue weighted by atomic mass is 16.5. The highest BCUT2D eigenvalue weighted by Gasteiger charge is 2.14. The van der Waals surface area contributed by atoms with Gasteiger partial charge in [-0.05, 0) is 43.3 Å². The average molecular weight is 384 g/mol. The summed E-state index contributed by atoms with van der Waals surface area (Å²) in [7, 11) is 1.55. The first-order chi connectivity index (χ1) is 13.4. The van der Waals surface area contributed by atoms with Crippen LogP contribution in [0, 0.1) is 0 Å². The lowest BCUT2D eigenvalue weighted by Gasteiger charge is -2.21. The van der Waals surface area contributed by atoms with Gasteiger partial charge in [-0.25, -0.2) is 4.79 Å². The lowest BCUT2D eigenvalue weighted by atomic mass is 10.2. The van der Waals surface area contributed by atoms with E-state index in [0.29, 0.717) is 29.3 Å². The van der Waals surface area contributed by atoms with Gasteiger partial charge < -0.3 is 19.7 Å². The summed E-state index contributed by atoms with van der Waals surface area (Å²) in [5, 5.41) is 2.75. The molecule has 28 heavy (non-hydrogen) atoms. The zero-order chi connectivity index (χ0) is 20.5. The summed E-state index contributed by atoms with van der Waals surface area (Å²) in [6.07, 6.45) is 0.121. The van der Waals surface area contributed by atoms with E-state index < -0.39 is 5.97 Å². The van der Waals surface area contributed by atoms with Crippen LogP contribution in [0.3, 0.4) is 0 Å². The molecule has 0 radical (unpaired) electrons. The molecule has 2 rings (SSSR count). The summed E-state index contributed by atoms with van der Waals surface area (Å²) in [4.78, 5) is 37.4. The fourth-order valence-electron chi connectivity index (χ4n) is 2.59. The van der Waals surface area contributed by atoms with E-state index in [0.717, 1.165) is 0 Å². The largest absolute Gasteiger partial charge is 0.497 e. The minimum atomic E-state index is -0.407. The van der Waals surface area contributed by atoms with Gasteiger partial charge >= 0.3 is 5.97 Å². The molecule has 0 aliphatic rings. The number of nitrogens with zero attached hydrogens (tertiary/aromatic N) is 1. The molecule has 0 unspecified atom stereocenters. The molecule has 0 fully saturated rings. The number of ether oxygens (including phenoxy) is 2. The maximum absolute atomic E-state index is 12.2. The summed E-state index contributed by atoms with van der Waals surface area (Å²) in [6, 6.07) is 13.6. The maximum atomic E-state index is 12.2. The van der Waals surface area contributed by atoms with E-state index in [9.17, 15) is 14.4 Å². The van der Waals surface area contributed by atoms with Crippen LogP contribution in [0.25, 0.3) is 0 Å². The smallest absolute Gasteiger partial charge is 0.338 e. The number of benzene rings is 2. The zero-order valence-corrected chi connectivity index (χ0v) is 16.2. The SMILES string of the molecule is CCOC(=O)c1ccc(NC(=O)CCN(C(C)=O)c2cccc(OC)c2)cc1. The van der Waals surface area contributed by atoms with Crippen LogP contribution in [0.2, 0.25) is 0 Å². The van der Waals surface area contributed by atoms with Gasteiger partial charge in [-0.3, -0.25) is 9.59 Å². The molecule has 0 heterocycles. The van der Waals surface area contributed by atoms with Crippen LogP contribution in [-0.4, -0.2) is 38.0 Å². The highest BCUT2D eigenvalue weighted by Crippen LogP contribution is 2.21. The molecule has 148 valence electrons. The standard InChI is InChI=1S/C21H24N2O5/c1-4-28-21(26)16-8-10-17(11-9-16)22-20(25)12-13-23(15(2)24)18-6-5-7-19(14-18)27-3/h5-11,14H,4,12-13H2,1-3H3,(H,22,25). The molecule has 0 aromatic heterocycles. The van der Waals surface area contributed by atoms with Crippen molar-refractivity contribution in [3.05, 3.63) is 54.1 Å². The van der Waals surface area contributed by atoms with Gasteiger partial charge in [0.15, 0.2) is 0 Å². The lowest BCUT2D eigenvalue weighted by Crippen LogP contribution is -2.31. The summed E-state index contributed by atoms with van der Waals surface area (Å²) >= 11 is 0. The van der Waals surface area contributed by atoms with E-state index >= 15 is 0 Å². The first-order valence-electron chi connectivity index (χ1n) is 8.93. The third-order valence-corrected chi connectivity index (χ3v) is 3.99. The number of hydrogen-bond acceptors (Lipinski definition) is 5. The Morgan fingerprint density at radius 1 is 1.07 bits per heavy atom. The molecule has 1 N–H and O–H groups in total. The van der Waals surface area contributed by atoms with Gasteiger partial charge in [-0.15, -0.1) is 0 Å². The Bertz CT molecular complexity index is 833. The number of hydrogen-bond donors (Lipinski definition) is 1. The van der Waals surface area contributed by atoms with E-state index in [1.54, 1.807) is 62.6 Å². The van der Waals surface area contributed by atoms with E-state index in [-0.39, 0.29) is 24.8 Å². The van der Waals surface area contributed by atoms with Gasteiger partial charge in [0.05, 0.1) is 19.3 Å². The third kappa shape index (κ3) is 5.84. The van der Waals surface area contributed by atoms with Gasteiger partial charge in [-0.2, -0.15) is 0 Å². The normalized spacial score (nSPS) is 10.1. The van der Waals surface area contributed by atoms with Gasteiger partial charge in [-0.1, -0.05) is 6.07 Å². The average Bonchev–Trinajstić information content (AvgIpc) is 2.68. The Morgan fingerprint density at radius 2 is 1.79 bits per heavy atom. The van der Waals surface area contributed by atoms with Crippen molar-refractivity contribution in [1.29, 1.82) is 0 Å². The number of amides is 2. The molecule has 0 spiro atoms. The van der Waals surface area contributed by atoms with Crippen LogP contribution in [0.15, 0.2) is 48.5 Å². The molecular formula is C21H24N2O5. The Labute approximate surface area is 164 Å². The molecule has 0 atom stereocenters. The minimum Gasteiger partial charge on any atom is -0.497 e. The van der Waals surface area contributed by atoms with Crippen molar-refractivity contribution in [1.82, 2.24) is 0 Å². The second-order valence-corrected chi connectivity index (χ2v) is 5.97. The topological polar surface area (TPSA) is 84.9 Å². The quantitative estimate of drug-likeness (QED) is 0.706. The molecule has 0 saturated heterocycles.